The maximum Gasteiger partial charge on any atom is 0.0995 e. The molecule has 0 bridgehead atoms. The van der Waals surface area contributed by atoms with E-state index in [0.717, 1.165) is 16.6 Å². The Morgan fingerprint density at radius 2 is 1.71 bits per heavy atom. The number of nitriles is 1. The Kier molecular flexibility index (Phi) is 2.93. The third-order valence-electron chi connectivity index (χ3n) is 3.25. The van der Waals surface area contributed by atoms with Crippen molar-refractivity contribution in [2.45, 2.75) is 39.5 Å². The molecule has 2 rings (SSSR count). The van der Waals surface area contributed by atoms with Crippen molar-refractivity contribution in [1.29, 1.82) is 5.26 Å². The van der Waals surface area contributed by atoms with Gasteiger partial charge >= 0.3 is 0 Å². The minimum Gasteiger partial charge on any atom is -0.361 e. The molecule has 0 radical (unpaired) electrons. The summed E-state index contributed by atoms with van der Waals surface area (Å²) in [5.74, 6) is 0.876. The first-order valence-corrected chi connectivity index (χ1v) is 6.09. The predicted molar refractivity (Wildman–Crippen MR) is 71.2 cm³/mol. The summed E-state index contributed by atoms with van der Waals surface area (Å²) in [6.07, 6.45) is 2.06. The number of hydrogen-bond acceptors (Lipinski definition) is 1. The SMILES string of the molecule is CC(C)c1cc2c(C(C)C)c[nH]c2cc1C#N. The van der Waals surface area contributed by atoms with Crippen molar-refractivity contribution in [2.75, 3.05) is 0 Å². The number of aromatic nitrogens is 1. The molecule has 2 nitrogen and oxygen atoms in total. The molecule has 1 aromatic carbocycles. The van der Waals surface area contributed by atoms with Crippen LogP contribution in [-0.2, 0) is 0 Å². The van der Waals surface area contributed by atoms with Crippen molar-refractivity contribution in [3.63, 3.8) is 0 Å². The van der Waals surface area contributed by atoms with Crippen LogP contribution in [0.5, 0.6) is 0 Å². The van der Waals surface area contributed by atoms with Gasteiger partial charge in [0.15, 0.2) is 0 Å². The fraction of sp³-hybridized carbons (Fsp3) is 0.400. The molecule has 1 aromatic heterocycles. The van der Waals surface area contributed by atoms with E-state index < -0.39 is 0 Å². The Balaban J connectivity index is 2.74. The van der Waals surface area contributed by atoms with Gasteiger partial charge < -0.3 is 4.98 Å². The largest absolute Gasteiger partial charge is 0.361 e. The summed E-state index contributed by atoms with van der Waals surface area (Å²) in [6, 6.07) is 6.43. The van der Waals surface area contributed by atoms with E-state index in [0.29, 0.717) is 11.8 Å². The molecule has 2 aromatic rings. The van der Waals surface area contributed by atoms with Gasteiger partial charge in [-0.3, -0.25) is 0 Å². The average Bonchev–Trinajstić information content (AvgIpc) is 2.69. The lowest BCUT2D eigenvalue weighted by Crippen LogP contribution is -1.93. The number of H-pyrrole nitrogens is 1. The van der Waals surface area contributed by atoms with Crippen LogP contribution >= 0.6 is 0 Å². The second kappa shape index (κ2) is 4.25. The Morgan fingerprint density at radius 3 is 2.24 bits per heavy atom. The minimum absolute atomic E-state index is 0.379. The highest BCUT2D eigenvalue weighted by molar-refractivity contribution is 5.86. The molecule has 88 valence electrons. The molecule has 1 N–H and O–H groups in total. The highest BCUT2D eigenvalue weighted by Crippen LogP contribution is 2.30. The van der Waals surface area contributed by atoms with E-state index in [-0.39, 0.29) is 0 Å². The van der Waals surface area contributed by atoms with Crippen molar-refractivity contribution < 1.29 is 0 Å². The minimum atomic E-state index is 0.379. The normalized spacial score (nSPS) is 11.4. The van der Waals surface area contributed by atoms with Gasteiger partial charge in [-0.15, -0.1) is 0 Å². The number of nitrogens with one attached hydrogen (secondary N) is 1. The lowest BCUT2D eigenvalue weighted by atomic mass is 9.93. The van der Waals surface area contributed by atoms with Crippen molar-refractivity contribution >= 4 is 10.9 Å². The van der Waals surface area contributed by atoms with Crippen molar-refractivity contribution in [2.24, 2.45) is 0 Å². The first-order valence-electron chi connectivity index (χ1n) is 6.09. The zero-order chi connectivity index (χ0) is 12.6. The van der Waals surface area contributed by atoms with Gasteiger partial charge in [-0.05, 0) is 35.1 Å². The summed E-state index contributed by atoms with van der Waals surface area (Å²) < 4.78 is 0. The van der Waals surface area contributed by atoms with Crippen molar-refractivity contribution in [1.82, 2.24) is 4.98 Å². The predicted octanol–water partition coefficient (Wildman–Crippen LogP) is 4.29. The Bertz CT molecular complexity index is 583. The second-order valence-corrected chi connectivity index (χ2v) is 5.15. The van der Waals surface area contributed by atoms with Crippen LogP contribution in [0.2, 0.25) is 0 Å². The van der Waals surface area contributed by atoms with Gasteiger partial charge in [-0.25, -0.2) is 0 Å². The summed E-state index contributed by atoms with van der Waals surface area (Å²) in [5, 5.41) is 10.4. The molecular weight excluding hydrogens is 208 g/mol. The highest BCUT2D eigenvalue weighted by Gasteiger charge is 2.13. The third kappa shape index (κ3) is 1.93. The molecule has 1 heterocycles. The van der Waals surface area contributed by atoms with E-state index in [2.05, 4.69) is 51.0 Å². The van der Waals surface area contributed by atoms with Crippen molar-refractivity contribution in [3.05, 3.63) is 35.0 Å². The van der Waals surface area contributed by atoms with Gasteiger partial charge in [0, 0.05) is 17.1 Å². The number of nitrogens with zero attached hydrogens (tertiary/aromatic N) is 1. The zero-order valence-electron chi connectivity index (χ0n) is 10.8. The Labute approximate surface area is 102 Å². The number of hydrogen-bond donors (Lipinski definition) is 1. The van der Waals surface area contributed by atoms with E-state index in [1.54, 1.807) is 0 Å². The number of fused-ring (bicyclic) bond motifs is 1. The van der Waals surface area contributed by atoms with E-state index >= 15 is 0 Å². The van der Waals surface area contributed by atoms with Crippen LogP contribution in [-0.4, -0.2) is 4.98 Å². The zero-order valence-corrected chi connectivity index (χ0v) is 10.8. The summed E-state index contributed by atoms with van der Waals surface area (Å²) in [5.41, 5.74) is 4.31. The molecule has 0 saturated carbocycles. The van der Waals surface area contributed by atoms with Crippen LogP contribution in [0.3, 0.4) is 0 Å². The molecule has 0 aliphatic heterocycles. The quantitative estimate of drug-likeness (QED) is 0.815. The van der Waals surface area contributed by atoms with Crippen LogP contribution in [0.25, 0.3) is 10.9 Å². The van der Waals surface area contributed by atoms with E-state index in [1.165, 1.54) is 10.9 Å². The van der Waals surface area contributed by atoms with Crippen LogP contribution < -0.4 is 0 Å². The number of rotatable bonds is 2. The van der Waals surface area contributed by atoms with Gasteiger partial charge in [0.25, 0.3) is 0 Å². The fourth-order valence-corrected chi connectivity index (χ4v) is 2.26. The Morgan fingerprint density at radius 1 is 1.06 bits per heavy atom. The summed E-state index contributed by atoms with van der Waals surface area (Å²) >= 11 is 0. The molecule has 17 heavy (non-hydrogen) atoms. The molecule has 0 atom stereocenters. The van der Waals surface area contributed by atoms with Crippen molar-refractivity contribution in [3.8, 4) is 6.07 Å². The van der Waals surface area contributed by atoms with Gasteiger partial charge in [-0.1, -0.05) is 27.7 Å². The highest BCUT2D eigenvalue weighted by atomic mass is 14.7. The van der Waals surface area contributed by atoms with E-state index in [9.17, 15) is 5.26 Å². The molecular formula is C15H18N2. The maximum atomic E-state index is 9.18. The van der Waals surface area contributed by atoms with E-state index in [4.69, 9.17) is 0 Å². The van der Waals surface area contributed by atoms with Crippen LogP contribution in [0.15, 0.2) is 18.3 Å². The fourth-order valence-electron chi connectivity index (χ4n) is 2.26. The summed E-state index contributed by atoms with van der Waals surface area (Å²) in [6.45, 7) is 8.64. The van der Waals surface area contributed by atoms with Crippen LogP contribution in [0, 0.1) is 11.3 Å². The van der Waals surface area contributed by atoms with Gasteiger partial charge in [-0.2, -0.15) is 5.26 Å². The number of aromatic amines is 1. The first-order chi connectivity index (χ1) is 8.04. The molecule has 0 amide bonds. The summed E-state index contributed by atoms with van der Waals surface area (Å²) in [7, 11) is 0. The molecule has 0 unspecified atom stereocenters. The first kappa shape index (κ1) is 11.7. The number of benzene rings is 1. The summed E-state index contributed by atoms with van der Waals surface area (Å²) in [4.78, 5) is 3.26. The maximum absolute atomic E-state index is 9.18. The molecule has 0 fully saturated rings. The monoisotopic (exact) mass is 226 g/mol. The average molecular weight is 226 g/mol. The third-order valence-corrected chi connectivity index (χ3v) is 3.25. The Hall–Kier alpha value is -1.75. The standard InChI is InChI=1S/C15H18N2/c1-9(2)12-6-13-14(10(3)4)8-17-15(13)5-11(12)7-16/h5-6,8-10,17H,1-4H3. The molecule has 0 saturated heterocycles. The topological polar surface area (TPSA) is 39.6 Å². The second-order valence-electron chi connectivity index (χ2n) is 5.15. The van der Waals surface area contributed by atoms with Crippen LogP contribution in [0.1, 0.15) is 56.2 Å². The van der Waals surface area contributed by atoms with Gasteiger partial charge in [0.1, 0.15) is 0 Å². The molecule has 0 aliphatic carbocycles. The van der Waals surface area contributed by atoms with Gasteiger partial charge in [0.2, 0.25) is 0 Å². The lowest BCUT2D eigenvalue weighted by Gasteiger charge is -2.10. The smallest absolute Gasteiger partial charge is 0.0995 e. The lowest BCUT2D eigenvalue weighted by molar-refractivity contribution is 0.860. The van der Waals surface area contributed by atoms with Gasteiger partial charge in [0.05, 0.1) is 11.6 Å². The molecule has 2 heteroatoms. The molecule has 0 aliphatic rings. The van der Waals surface area contributed by atoms with Crippen LogP contribution in [0.4, 0.5) is 0 Å². The van der Waals surface area contributed by atoms with E-state index in [1.807, 2.05) is 6.07 Å². The molecule has 0 spiro atoms.